The summed E-state index contributed by atoms with van der Waals surface area (Å²) in [5.74, 6) is 1.87. The van der Waals surface area contributed by atoms with Crippen LogP contribution in [0.2, 0.25) is 0 Å². The van der Waals surface area contributed by atoms with E-state index in [1.165, 1.54) is 96.3 Å². The Kier molecular flexibility index (Phi) is 18.5. The molecule has 0 amide bonds. The number of thiophene rings is 2. The van der Waals surface area contributed by atoms with E-state index < -0.39 is 0 Å². The van der Waals surface area contributed by atoms with Gasteiger partial charge in [0.15, 0.2) is 11.3 Å². The molecule has 0 spiro atoms. The number of rotatable bonds is 9. The lowest BCUT2D eigenvalue weighted by molar-refractivity contribution is 0.657. The summed E-state index contributed by atoms with van der Waals surface area (Å²) in [5.41, 5.74) is 27.2. The van der Waals surface area contributed by atoms with Crippen LogP contribution in [-0.2, 0) is 5.41 Å². The molecule has 0 N–H and O–H groups in total. The fourth-order valence-electron chi connectivity index (χ4n) is 21.1. The highest BCUT2D eigenvalue weighted by atomic mass is 32.1. The van der Waals surface area contributed by atoms with Crippen LogP contribution in [0.3, 0.4) is 0 Å². The summed E-state index contributed by atoms with van der Waals surface area (Å²) in [7, 11) is 0. The van der Waals surface area contributed by atoms with Gasteiger partial charge in [0.1, 0.15) is 16.8 Å². The van der Waals surface area contributed by atoms with Crippen LogP contribution in [0, 0.1) is 17.9 Å². The molecule has 0 atom stereocenters. The second kappa shape index (κ2) is 32.0. The molecule has 29 rings (SSSR count). The average Bonchev–Trinajstić information content (AvgIpc) is 1.55. The van der Waals surface area contributed by atoms with Crippen LogP contribution in [0.15, 0.2) is 423 Å². The van der Waals surface area contributed by atoms with E-state index in [1.54, 1.807) is 11.3 Å². The first-order valence-corrected chi connectivity index (χ1v) is 48.1. The Hall–Kier alpha value is -18.2. The molecule has 9 heterocycles. The van der Waals surface area contributed by atoms with Gasteiger partial charge in [-0.1, -0.05) is 323 Å². The van der Waals surface area contributed by atoms with Crippen molar-refractivity contribution in [3.63, 3.8) is 0 Å². The molecule has 9 aromatic heterocycles. The van der Waals surface area contributed by atoms with Crippen molar-refractivity contribution < 1.29 is 4.42 Å². The summed E-state index contributed by atoms with van der Waals surface area (Å²) in [6, 6.07) is 149. The molecule has 14 heteroatoms. The Bertz CT molecular complexity index is 10100. The van der Waals surface area contributed by atoms with E-state index in [0.717, 1.165) is 148 Å². The normalized spacial score (nSPS) is 12.3. The molecule has 139 heavy (non-hydrogen) atoms. The van der Waals surface area contributed by atoms with Crippen LogP contribution in [0.1, 0.15) is 30.5 Å². The number of aromatic nitrogens is 9. The highest BCUT2D eigenvalue weighted by Crippen LogP contribution is 2.54. The molecule has 1 aliphatic rings. The van der Waals surface area contributed by atoms with E-state index in [1.807, 2.05) is 72.0 Å². The summed E-state index contributed by atoms with van der Waals surface area (Å²) in [6.45, 7) is 12.1. The van der Waals surface area contributed by atoms with Gasteiger partial charge in [0.2, 0.25) is 17.8 Å². The number of hydrogen-bond acceptors (Lipinski definition) is 10. The molecule has 28 aromatic rings. The van der Waals surface area contributed by atoms with Crippen molar-refractivity contribution in [2.75, 3.05) is 0 Å². The zero-order valence-electron chi connectivity index (χ0n) is 75.0. The molecule has 0 saturated heterocycles. The van der Waals surface area contributed by atoms with Gasteiger partial charge in [0.25, 0.3) is 0 Å². The second-order valence-corrected chi connectivity index (χ2v) is 38.3. The summed E-state index contributed by atoms with van der Waals surface area (Å²) in [6.07, 6.45) is 0. The molecule has 0 unspecified atom stereocenters. The topological polar surface area (TPSA) is 133 Å². The Morgan fingerprint density at radius 2 is 0.719 bits per heavy atom. The van der Waals surface area contributed by atoms with E-state index in [4.69, 9.17) is 40.9 Å². The first-order valence-electron chi connectivity index (χ1n) is 46.4. The number of benzene rings is 19. The highest BCUT2D eigenvalue weighted by molar-refractivity contribution is 7.26. The van der Waals surface area contributed by atoms with Gasteiger partial charge in [-0.3, -0.25) is 13.7 Å². The van der Waals surface area contributed by atoms with Crippen molar-refractivity contribution in [2.24, 2.45) is 0 Å². The average molecular weight is 1810 g/mol. The zero-order valence-corrected chi connectivity index (χ0v) is 76.6. The van der Waals surface area contributed by atoms with Gasteiger partial charge in [-0.25, -0.2) is 34.7 Å². The van der Waals surface area contributed by atoms with Crippen molar-refractivity contribution in [3.8, 4) is 102 Å². The molecule has 0 saturated carbocycles. The molecule has 0 radical (unpaired) electrons. The van der Waals surface area contributed by atoms with Crippen molar-refractivity contribution in [3.05, 3.63) is 447 Å². The molecule has 0 bridgehead atoms. The summed E-state index contributed by atoms with van der Waals surface area (Å²) in [5, 5.41) is 28.5. The summed E-state index contributed by atoms with van der Waals surface area (Å²) >= 11 is 3.51. The summed E-state index contributed by atoms with van der Waals surface area (Å²) in [4.78, 5) is 35.9. The molecular formula is C125H75N11OS2. The third-order valence-electron chi connectivity index (χ3n) is 27.8. The zero-order chi connectivity index (χ0) is 92.2. The lowest BCUT2D eigenvalue weighted by atomic mass is 9.80. The van der Waals surface area contributed by atoms with Crippen LogP contribution in [0.4, 0.5) is 5.69 Å². The van der Waals surface area contributed by atoms with E-state index >= 15 is 0 Å². The van der Waals surface area contributed by atoms with E-state index in [9.17, 15) is 5.26 Å². The van der Waals surface area contributed by atoms with Crippen molar-refractivity contribution in [2.45, 2.75) is 19.3 Å². The van der Waals surface area contributed by atoms with Gasteiger partial charge in [0.05, 0.1) is 78.6 Å². The molecular weight excluding hydrogens is 1740 g/mol. The number of nitriles is 1. The predicted molar refractivity (Wildman–Crippen MR) is 576 cm³/mol. The largest absolute Gasteiger partial charge is 0.452 e. The quantitative estimate of drug-likeness (QED) is 0.130. The maximum Gasteiger partial charge on any atom is 0.236 e. The number of nitrogens with zero attached hydrogens (tertiary/aromatic N) is 11. The van der Waals surface area contributed by atoms with Crippen LogP contribution < -0.4 is 0 Å². The number of fused-ring (bicyclic) bond motifs is 24. The lowest BCUT2D eigenvalue weighted by Crippen LogP contribution is -2.18. The SMILES string of the molecule is N#Cc1cccc(-c2nc(-n3c4ccccc4c4cc5ccccc5cc43)nc3c2sc2ccc(-c4ccccc4)cc23)c1.[C-]#[N+]c1ccc(-c2nc(-n3c4ccccc4c4cc5ccccc5cc43)nc3c2C(C)(C)c2cc(-c4ccccc4)ccc2-3)cc1.c1ccc(-c2ccc3oc4c(-c5ccc6c(c5)sc5ccccc56)nc(-n5c6ccccc6c6cc7ccccc7cc65)nc4c3c2)cc1. The van der Waals surface area contributed by atoms with Crippen molar-refractivity contribution in [1.82, 2.24) is 43.6 Å². The lowest BCUT2D eigenvalue weighted by Gasteiger charge is -2.24. The number of para-hydroxylation sites is 3. The van der Waals surface area contributed by atoms with E-state index in [0.29, 0.717) is 34.7 Å². The van der Waals surface area contributed by atoms with Gasteiger partial charge in [0, 0.05) is 95.6 Å². The van der Waals surface area contributed by atoms with Crippen LogP contribution in [0.5, 0.6) is 0 Å². The third-order valence-corrected chi connectivity index (χ3v) is 30.1. The van der Waals surface area contributed by atoms with Gasteiger partial charge >= 0.3 is 0 Å². The van der Waals surface area contributed by atoms with Gasteiger partial charge in [-0.2, -0.15) is 5.26 Å². The Morgan fingerprint density at radius 1 is 0.295 bits per heavy atom. The molecule has 0 fully saturated rings. The van der Waals surface area contributed by atoms with Gasteiger partial charge in [-0.15, -0.1) is 22.7 Å². The van der Waals surface area contributed by atoms with E-state index in [-0.39, 0.29) is 5.41 Å². The third kappa shape index (κ3) is 13.2. The molecule has 12 nitrogen and oxygen atoms in total. The van der Waals surface area contributed by atoms with E-state index in [2.05, 4.69) is 396 Å². The molecule has 0 aliphatic heterocycles. The van der Waals surface area contributed by atoms with Crippen LogP contribution >= 0.6 is 22.7 Å². The minimum atomic E-state index is -0.348. The Labute approximate surface area is 804 Å². The first kappa shape index (κ1) is 80.5. The number of hydrogen-bond donors (Lipinski definition) is 0. The minimum Gasteiger partial charge on any atom is -0.452 e. The fraction of sp³-hybridized carbons (Fsp3) is 0.0240. The molecule has 19 aromatic carbocycles. The van der Waals surface area contributed by atoms with Crippen molar-refractivity contribution >= 4 is 189 Å². The second-order valence-electron chi connectivity index (χ2n) is 36.2. The Morgan fingerprint density at radius 3 is 1.28 bits per heavy atom. The number of furan rings is 1. The standard InChI is InChI=1S/C44H25N3OS.C42H28N4.C39H22N4S/c1-2-10-26(11-3-1)29-19-21-38-35(23-29)42-43(48-38)41(30-18-20-33-32-15-7-9-17-39(32)49-40(33)25-30)45-44(46-42)47-36-16-8-6-14-31(36)34-22-27-12-4-5-13-28(27)24-37(34)47;1-42(2)35-24-30(26-11-5-4-6-12-26)19-22-33(35)40-38(42)39(27-17-20-31(43-3)21-18-27)44-41(45-40)46-36-16-10-9-15-32(36)34-23-28-13-7-8-14-29(28)25-37(34)46;40-23-24-9-8-14-29(19-24)36-38-37(32-21-28(17-18-35(32)44-38)25-10-2-1-3-11-25)42-39(41-36)43-33-16-7-6-15-30(33)31-20-26-12-4-5-13-27(26)22-34(31)43/h1-25H;4-25H,1-2H3;1-22H. The molecule has 648 valence electrons. The highest BCUT2D eigenvalue weighted by Gasteiger charge is 2.41. The predicted octanol–water partition coefficient (Wildman–Crippen LogP) is 33.5. The maximum atomic E-state index is 9.72. The van der Waals surface area contributed by atoms with Crippen molar-refractivity contribution in [1.29, 1.82) is 5.26 Å². The monoisotopic (exact) mass is 1810 g/mol. The Balaban J connectivity index is 0.000000105. The van der Waals surface area contributed by atoms with Crippen LogP contribution in [-0.4, -0.2) is 43.6 Å². The van der Waals surface area contributed by atoms with Gasteiger partial charge in [-0.05, 0) is 186 Å². The summed E-state index contributed by atoms with van der Waals surface area (Å²) < 4.78 is 18.0. The van der Waals surface area contributed by atoms with Gasteiger partial charge < -0.3 is 4.42 Å². The molecule has 1 aliphatic carbocycles. The fourth-order valence-corrected chi connectivity index (χ4v) is 23.4. The van der Waals surface area contributed by atoms with Crippen LogP contribution in [0.25, 0.3) is 261 Å². The smallest absolute Gasteiger partial charge is 0.236 e. The first-order chi connectivity index (χ1) is 68.5. The maximum absolute atomic E-state index is 9.72. The minimum absolute atomic E-state index is 0.348.